The van der Waals surface area contributed by atoms with Gasteiger partial charge in [0.1, 0.15) is 11.6 Å². The summed E-state index contributed by atoms with van der Waals surface area (Å²) in [5, 5.41) is 1.16. The molecule has 1 aliphatic rings. The van der Waals surface area contributed by atoms with Crippen LogP contribution in [0.4, 0.5) is 4.39 Å². The maximum atomic E-state index is 14.9. The van der Waals surface area contributed by atoms with Crippen molar-refractivity contribution in [3.8, 4) is 5.75 Å². The van der Waals surface area contributed by atoms with Crippen LogP contribution in [0.5, 0.6) is 5.75 Å². The van der Waals surface area contributed by atoms with Crippen LogP contribution < -0.4 is 4.74 Å². The van der Waals surface area contributed by atoms with Crippen molar-refractivity contribution in [1.82, 2.24) is 0 Å². The third kappa shape index (κ3) is 4.61. The van der Waals surface area contributed by atoms with Gasteiger partial charge in [-0.25, -0.2) is 9.18 Å². The molecule has 0 aliphatic heterocycles. The van der Waals surface area contributed by atoms with E-state index in [1.165, 1.54) is 30.1 Å². The summed E-state index contributed by atoms with van der Waals surface area (Å²) in [6, 6.07) is 17.4. The number of rotatable bonds is 4. The third-order valence-corrected chi connectivity index (χ3v) is 6.10. The number of para-hydroxylation sites is 1. The molecule has 158 valence electrons. The Morgan fingerprint density at radius 1 is 1.03 bits per heavy atom. The van der Waals surface area contributed by atoms with Gasteiger partial charge in [-0.2, -0.15) is 0 Å². The minimum absolute atomic E-state index is 0.162. The van der Waals surface area contributed by atoms with E-state index in [9.17, 15) is 9.18 Å². The number of carbonyl (C=O) groups excluding carboxylic acids is 1. The quantitative estimate of drug-likeness (QED) is 0.322. The summed E-state index contributed by atoms with van der Waals surface area (Å²) >= 11 is 0. The molecule has 3 aromatic carbocycles. The summed E-state index contributed by atoms with van der Waals surface area (Å²) in [5.74, 6) is -0.567. The van der Waals surface area contributed by atoms with Crippen LogP contribution in [0, 0.1) is 11.2 Å². The minimum Gasteiger partial charge on any atom is -0.423 e. The van der Waals surface area contributed by atoms with Crippen molar-refractivity contribution in [2.45, 2.75) is 40.0 Å². The van der Waals surface area contributed by atoms with Gasteiger partial charge in [0.15, 0.2) is 0 Å². The molecular weight excluding hydrogens is 387 g/mol. The van der Waals surface area contributed by atoms with Gasteiger partial charge < -0.3 is 4.74 Å². The van der Waals surface area contributed by atoms with E-state index >= 15 is 0 Å². The Balaban J connectivity index is 1.61. The fraction of sp³-hybridized carbons (Fsp3) is 0.250. The number of hydrogen-bond donors (Lipinski definition) is 0. The van der Waals surface area contributed by atoms with Crippen LogP contribution in [0.1, 0.15) is 56.0 Å². The van der Waals surface area contributed by atoms with Crippen molar-refractivity contribution < 1.29 is 13.9 Å². The molecule has 1 aliphatic carbocycles. The molecule has 2 nitrogen and oxygen atoms in total. The van der Waals surface area contributed by atoms with Crippen LogP contribution in [-0.4, -0.2) is 5.97 Å². The predicted molar refractivity (Wildman–Crippen MR) is 125 cm³/mol. The Morgan fingerprint density at radius 3 is 2.55 bits per heavy atom. The second-order valence-electron chi connectivity index (χ2n) is 8.91. The number of carbonyl (C=O) groups is 1. The molecule has 0 bridgehead atoms. The molecule has 4 rings (SSSR count). The topological polar surface area (TPSA) is 26.3 Å². The third-order valence-electron chi connectivity index (χ3n) is 6.10. The molecular formula is C28H27FO2. The SMILES string of the molecule is CC1=C(C=Cc2ccc3cc(C(=O)Oc4ccccc4)cc(F)c3c2)C(C)(C)CCC1. The van der Waals surface area contributed by atoms with E-state index in [0.717, 1.165) is 12.0 Å². The first-order chi connectivity index (χ1) is 14.8. The fourth-order valence-corrected chi connectivity index (χ4v) is 4.40. The van der Waals surface area contributed by atoms with Crippen molar-refractivity contribution in [2.24, 2.45) is 5.41 Å². The zero-order valence-corrected chi connectivity index (χ0v) is 18.2. The largest absolute Gasteiger partial charge is 0.423 e. The lowest BCUT2D eigenvalue weighted by Gasteiger charge is -2.32. The average molecular weight is 415 g/mol. The van der Waals surface area contributed by atoms with Crippen molar-refractivity contribution in [3.05, 3.63) is 94.8 Å². The number of ether oxygens (including phenoxy) is 1. The van der Waals surface area contributed by atoms with Gasteiger partial charge >= 0.3 is 5.97 Å². The van der Waals surface area contributed by atoms with Crippen molar-refractivity contribution in [3.63, 3.8) is 0 Å². The zero-order chi connectivity index (χ0) is 22.0. The second kappa shape index (κ2) is 8.50. The van der Waals surface area contributed by atoms with Gasteiger partial charge in [-0.3, -0.25) is 0 Å². The number of benzene rings is 3. The molecule has 0 N–H and O–H groups in total. The Labute approximate surface area is 183 Å². The molecule has 0 unspecified atom stereocenters. The van der Waals surface area contributed by atoms with Crippen molar-refractivity contribution >= 4 is 22.8 Å². The Kier molecular flexibility index (Phi) is 5.77. The lowest BCUT2D eigenvalue weighted by Crippen LogP contribution is -2.18. The molecule has 0 atom stereocenters. The molecule has 31 heavy (non-hydrogen) atoms. The number of hydrogen-bond acceptors (Lipinski definition) is 2. The molecule has 0 saturated heterocycles. The van der Waals surface area contributed by atoms with E-state index < -0.39 is 11.8 Å². The monoisotopic (exact) mass is 414 g/mol. The number of halogens is 1. The normalized spacial score (nSPS) is 16.1. The summed E-state index contributed by atoms with van der Waals surface area (Å²) in [4.78, 5) is 12.4. The van der Waals surface area contributed by atoms with Crippen molar-refractivity contribution in [1.29, 1.82) is 0 Å². The smallest absolute Gasteiger partial charge is 0.343 e. The lowest BCUT2D eigenvalue weighted by atomic mass is 9.72. The first-order valence-corrected chi connectivity index (χ1v) is 10.7. The standard InChI is InChI=1S/C28H27FO2/c1-19-8-7-15-28(2,3)25(19)14-12-20-11-13-21-17-22(18-26(29)24(21)16-20)27(30)31-23-9-5-4-6-10-23/h4-6,9-14,16-18H,7-8,15H2,1-3H3. The van der Waals surface area contributed by atoms with Crippen LogP contribution in [-0.2, 0) is 0 Å². The van der Waals surface area contributed by atoms with E-state index in [0.29, 0.717) is 16.5 Å². The van der Waals surface area contributed by atoms with Gasteiger partial charge in [-0.05, 0) is 78.5 Å². The highest BCUT2D eigenvalue weighted by molar-refractivity contribution is 5.97. The second-order valence-corrected chi connectivity index (χ2v) is 8.91. The molecule has 0 amide bonds. The van der Waals surface area contributed by atoms with E-state index in [1.54, 1.807) is 30.3 Å². The average Bonchev–Trinajstić information content (AvgIpc) is 2.74. The van der Waals surface area contributed by atoms with Gasteiger partial charge in [-0.15, -0.1) is 0 Å². The van der Waals surface area contributed by atoms with E-state index in [1.807, 2.05) is 24.3 Å². The summed E-state index contributed by atoms with van der Waals surface area (Å²) < 4.78 is 20.2. The fourth-order valence-electron chi connectivity index (χ4n) is 4.40. The maximum absolute atomic E-state index is 14.9. The summed E-state index contributed by atoms with van der Waals surface area (Å²) in [5.41, 5.74) is 4.10. The van der Waals surface area contributed by atoms with Crippen LogP contribution in [0.3, 0.4) is 0 Å². The molecule has 3 aromatic rings. The highest BCUT2D eigenvalue weighted by Crippen LogP contribution is 2.41. The summed E-state index contributed by atoms with van der Waals surface area (Å²) in [7, 11) is 0. The van der Waals surface area contributed by atoms with Gasteiger partial charge in [-0.1, -0.05) is 61.9 Å². The Hall–Kier alpha value is -3.20. The predicted octanol–water partition coefficient (Wildman–Crippen LogP) is 7.74. The summed E-state index contributed by atoms with van der Waals surface area (Å²) in [6.07, 6.45) is 7.78. The first kappa shape index (κ1) is 21.0. The number of allylic oxidation sites excluding steroid dienone is 3. The van der Waals surface area contributed by atoms with Crippen LogP contribution in [0.25, 0.3) is 16.8 Å². The first-order valence-electron chi connectivity index (χ1n) is 10.7. The molecule has 0 aromatic heterocycles. The van der Waals surface area contributed by atoms with Gasteiger partial charge in [0.2, 0.25) is 0 Å². The molecule has 0 spiro atoms. The molecule has 0 fully saturated rings. The highest BCUT2D eigenvalue weighted by Gasteiger charge is 2.26. The molecule has 0 radical (unpaired) electrons. The molecule has 0 saturated carbocycles. The van der Waals surface area contributed by atoms with Crippen LogP contribution in [0.2, 0.25) is 0 Å². The molecule has 0 heterocycles. The molecule has 3 heteroatoms. The minimum atomic E-state index is -0.571. The van der Waals surface area contributed by atoms with E-state index in [-0.39, 0.29) is 11.0 Å². The van der Waals surface area contributed by atoms with Crippen molar-refractivity contribution in [2.75, 3.05) is 0 Å². The number of esters is 1. The number of fused-ring (bicyclic) bond motifs is 1. The Bertz CT molecular complexity index is 1190. The summed E-state index contributed by atoms with van der Waals surface area (Å²) in [6.45, 7) is 6.77. The van der Waals surface area contributed by atoms with Gasteiger partial charge in [0, 0.05) is 5.39 Å². The van der Waals surface area contributed by atoms with E-state index in [4.69, 9.17) is 4.74 Å². The maximum Gasteiger partial charge on any atom is 0.343 e. The lowest BCUT2D eigenvalue weighted by molar-refractivity contribution is 0.0734. The van der Waals surface area contributed by atoms with Crippen LogP contribution in [0.15, 0.2) is 77.9 Å². The van der Waals surface area contributed by atoms with Gasteiger partial charge in [0.25, 0.3) is 0 Å². The Morgan fingerprint density at radius 2 is 1.81 bits per heavy atom. The highest BCUT2D eigenvalue weighted by atomic mass is 19.1. The van der Waals surface area contributed by atoms with E-state index in [2.05, 4.69) is 32.9 Å². The van der Waals surface area contributed by atoms with Gasteiger partial charge in [0.05, 0.1) is 5.56 Å². The zero-order valence-electron chi connectivity index (χ0n) is 18.2. The van der Waals surface area contributed by atoms with Crippen LogP contribution >= 0.6 is 0 Å².